The lowest BCUT2D eigenvalue weighted by Crippen LogP contribution is -2.31. The van der Waals surface area contributed by atoms with Crippen LogP contribution in [0.2, 0.25) is 0 Å². The molecule has 0 spiro atoms. The van der Waals surface area contributed by atoms with Crippen LogP contribution < -0.4 is 0 Å². The van der Waals surface area contributed by atoms with Gasteiger partial charge in [-0.25, -0.2) is 0 Å². The minimum Gasteiger partial charge on any atom is -0.103 e. The molecular formula is C40H50. The first-order valence-electron chi connectivity index (χ1n) is 15.3. The van der Waals surface area contributed by atoms with Crippen LogP contribution in [0.1, 0.15) is 115 Å². The maximum Gasteiger partial charge on any atom is 0.0710 e. The van der Waals surface area contributed by atoms with Crippen molar-refractivity contribution in [3.05, 3.63) is 129 Å². The summed E-state index contributed by atoms with van der Waals surface area (Å²) in [5.41, 5.74) is 15.2. The van der Waals surface area contributed by atoms with Crippen molar-refractivity contribution in [2.24, 2.45) is 0 Å². The van der Waals surface area contributed by atoms with E-state index >= 15 is 0 Å². The maximum absolute atomic E-state index is 4.02. The van der Waals surface area contributed by atoms with Crippen molar-refractivity contribution in [2.45, 2.75) is 105 Å². The highest BCUT2D eigenvalue weighted by molar-refractivity contribution is 5.87. The Labute approximate surface area is 244 Å². The minimum absolute atomic E-state index is 0.0667. The summed E-state index contributed by atoms with van der Waals surface area (Å²) in [6, 6.07) is 21.9. The van der Waals surface area contributed by atoms with Crippen molar-refractivity contribution < 1.29 is 0 Å². The van der Waals surface area contributed by atoms with E-state index in [0.717, 1.165) is 6.42 Å². The first-order chi connectivity index (χ1) is 18.9. The lowest BCUT2D eigenvalue weighted by atomic mass is 9.64. The Hall–Kier alpha value is -3.12. The van der Waals surface area contributed by atoms with Gasteiger partial charge in [0.2, 0.25) is 0 Å². The fourth-order valence-electron chi connectivity index (χ4n) is 6.43. The highest BCUT2D eigenvalue weighted by Crippen LogP contribution is 2.58. The SMILES string of the molecule is C=CC/C(C)=C/C(=C\C)C1(c2ccc3c(c2)CC3)c2cc(C(C)(C)C)ccc2-c2ccc(C(C)(C)C)cc21.CC. The van der Waals surface area contributed by atoms with Crippen molar-refractivity contribution in [1.29, 1.82) is 0 Å². The van der Waals surface area contributed by atoms with E-state index in [2.05, 4.69) is 129 Å². The molecule has 0 saturated carbocycles. The fourth-order valence-corrected chi connectivity index (χ4v) is 6.43. The molecule has 0 heteroatoms. The molecule has 3 aromatic rings. The fraction of sp³-hybridized carbons (Fsp3) is 0.400. The Kier molecular flexibility index (Phi) is 8.24. The molecule has 5 rings (SSSR count). The smallest absolute Gasteiger partial charge is 0.0710 e. The summed E-state index contributed by atoms with van der Waals surface area (Å²) in [5.74, 6) is 0. The molecule has 0 atom stereocenters. The normalized spacial score (nSPS) is 15.8. The van der Waals surface area contributed by atoms with Crippen molar-refractivity contribution >= 4 is 0 Å². The van der Waals surface area contributed by atoms with Gasteiger partial charge in [-0.1, -0.05) is 134 Å². The minimum atomic E-state index is -0.366. The maximum atomic E-state index is 4.02. The molecule has 0 bridgehead atoms. The summed E-state index contributed by atoms with van der Waals surface area (Å²) in [6.07, 6.45) is 10.1. The number of hydrogen-bond acceptors (Lipinski definition) is 0. The molecule has 210 valence electrons. The highest BCUT2D eigenvalue weighted by Gasteiger charge is 2.48. The molecule has 40 heavy (non-hydrogen) atoms. The molecule has 0 aromatic heterocycles. The van der Waals surface area contributed by atoms with E-state index in [1.54, 1.807) is 0 Å². The first-order valence-corrected chi connectivity index (χ1v) is 15.3. The molecule has 0 saturated heterocycles. The van der Waals surface area contributed by atoms with Gasteiger partial charge in [0.05, 0.1) is 5.41 Å². The van der Waals surface area contributed by atoms with Crippen LogP contribution in [0.5, 0.6) is 0 Å². The van der Waals surface area contributed by atoms with Crippen molar-refractivity contribution in [2.75, 3.05) is 0 Å². The summed E-state index contributed by atoms with van der Waals surface area (Å²) in [6.45, 7) is 26.4. The third-order valence-corrected chi connectivity index (χ3v) is 8.78. The third-order valence-electron chi connectivity index (χ3n) is 8.78. The Morgan fingerprint density at radius 1 is 0.775 bits per heavy atom. The van der Waals surface area contributed by atoms with Crippen LogP contribution in [0.3, 0.4) is 0 Å². The molecule has 0 aliphatic heterocycles. The van der Waals surface area contributed by atoms with Crippen LogP contribution >= 0.6 is 0 Å². The lowest BCUT2D eigenvalue weighted by Gasteiger charge is -2.37. The molecule has 0 radical (unpaired) electrons. The Balaban J connectivity index is 0.00000181. The summed E-state index contributed by atoms with van der Waals surface area (Å²) in [5, 5.41) is 0. The van der Waals surface area contributed by atoms with Gasteiger partial charge < -0.3 is 0 Å². The van der Waals surface area contributed by atoms with Crippen molar-refractivity contribution in [1.82, 2.24) is 0 Å². The van der Waals surface area contributed by atoms with E-state index in [0.29, 0.717) is 0 Å². The van der Waals surface area contributed by atoms with E-state index in [1.165, 1.54) is 74.1 Å². The molecule has 2 aliphatic carbocycles. The summed E-state index contributed by atoms with van der Waals surface area (Å²) in [7, 11) is 0. The molecule has 0 nitrogen and oxygen atoms in total. The van der Waals surface area contributed by atoms with E-state index in [4.69, 9.17) is 0 Å². The van der Waals surface area contributed by atoms with Gasteiger partial charge in [0, 0.05) is 0 Å². The second-order valence-electron chi connectivity index (χ2n) is 13.5. The van der Waals surface area contributed by atoms with Crippen molar-refractivity contribution in [3.8, 4) is 11.1 Å². The van der Waals surface area contributed by atoms with Crippen LogP contribution in [-0.2, 0) is 29.1 Å². The molecule has 2 aliphatic rings. The zero-order valence-corrected chi connectivity index (χ0v) is 26.8. The van der Waals surface area contributed by atoms with Crippen molar-refractivity contribution in [3.63, 3.8) is 0 Å². The number of allylic oxidation sites excluding steroid dienone is 5. The van der Waals surface area contributed by atoms with Crippen LogP contribution in [0.25, 0.3) is 11.1 Å². The van der Waals surface area contributed by atoms with E-state index in [-0.39, 0.29) is 16.2 Å². The van der Waals surface area contributed by atoms with Crippen LogP contribution in [0.15, 0.2) is 90.6 Å². The Morgan fingerprint density at radius 2 is 1.30 bits per heavy atom. The van der Waals surface area contributed by atoms with E-state index in [9.17, 15) is 0 Å². The molecule has 0 fully saturated rings. The Morgan fingerprint density at radius 3 is 1.70 bits per heavy atom. The largest absolute Gasteiger partial charge is 0.103 e. The molecule has 0 heterocycles. The lowest BCUT2D eigenvalue weighted by molar-refractivity contribution is 0.586. The van der Waals surface area contributed by atoms with Gasteiger partial charge in [-0.05, 0) is 99.6 Å². The van der Waals surface area contributed by atoms with Gasteiger partial charge in [0.25, 0.3) is 0 Å². The molecule has 0 unspecified atom stereocenters. The predicted molar refractivity (Wildman–Crippen MR) is 177 cm³/mol. The topological polar surface area (TPSA) is 0 Å². The zero-order valence-electron chi connectivity index (χ0n) is 26.8. The van der Waals surface area contributed by atoms with Gasteiger partial charge in [-0.3, -0.25) is 0 Å². The number of aryl methyl sites for hydroxylation is 2. The van der Waals surface area contributed by atoms with Crippen LogP contribution in [0.4, 0.5) is 0 Å². The van der Waals surface area contributed by atoms with Gasteiger partial charge in [-0.2, -0.15) is 0 Å². The molecule has 0 N–H and O–H groups in total. The predicted octanol–water partition coefficient (Wildman–Crippen LogP) is 11.2. The molecular weight excluding hydrogens is 480 g/mol. The highest BCUT2D eigenvalue weighted by atomic mass is 14.5. The summed E-state index contributed by atoms with van der Waals surface area (Å²) >= 11 is 0. The second kappa shape index (κ2) is 11.0. The quantitative estimate of drug-likeness (QED) is 0.227. The first kappa shape index (κ1) is 29.9. The van der Waals surface area contributed by atoms with Crippen LogP contribution in [-0.4, -0.2) is 0 Å². The zero-order chi connectivity index (χ0) is 29.5. The number of fused-ring (bicyclic) bond motifs is 4. The average molecular weight is 531 g/mol. The summed E-state index contributed by atoms with van der Waals surface area (Å²) < 4.78 is 0. The third kappa shape index (κ3) is 4.96. The average Bonchev–Trinajstić information content (AvgIpc) is 3.18. The molecule has 3 aromatic carbocycles. The molecule has 0 amide bonds. The Bertz CT molecular complexity index is 1410. The monoisotopic (exact) mass is 530 g/mol. The second-order valence-corrected chi connectivity index (χ2v) is 13.5. The summed E-state index contributed by atoms with van der Waals surface area (Å²) in [4.78, 5) is 0. The van der Waals surface area contributed by atoms with E-state index in [1.807, 2.05) is 19.9 Å². The van der Waals surface area contributed by atoms with Gasteiger partial charge in [0.15, 0.2) is 0 Å². The number of hydrogen-bond donors (Lipinski definition) is 0. The number of benzene rings is 3. The van der Waals surface area contributed by atoms with Crippen LogP contribution in [0, 0.1) is 0 Å². The van der Waals surface area contributed by atoms with E-state index < -0.39 is 0 Å². The standard InChI is InChI=1S/C38H44.C2H6/c1-10-12-25(3)21-28(11-2)38(31-16-15-26-13-14-27(26)22-31)34-23-29(36(4,5)6)17-19-32(34)33-20-18-30(24-35(33)38)37(7,8)9;1-2/h10-11,15-24H,1,12-14H2,2-9H3;1-2H3/b25-21+,28-11+;. The van der Waals surface area contributed by atoms with Gasteiger partial charge in [0.1, 0.15) is 0 Å². The van der Waals surface area contributed by atoms with Gasteiger partial charge >= 0.3 is 0 Å². The number of rotatable bonds is 5. The van der Waals surface area contributed by atoms with Gasteiger partial charge in [-0.15, -0.1) is 6.58 Å².